The topological polar surface area (TPSA) is 38.3 Å². The standard InChI is InChI=1S/C14H10BrClFNO2/c15-10-6-11(16)13(7-12(10)17)18-14(19)20-8-9-4-2-1-3-5-9/h1-7H,8H2,(H,18,19). The van der Waals surface area contributed by atoms with E-state index in [4.69, 9.17) is 16.3 Å². The van der Waals surface area contributed by atoms with Gasteiger partial charge in [0.1, 0.15) is 12.4 Å². The van der Waals surface area contributed by atoms with Crippen LogP contribution < -0.4 is 5.32 Å². The molecule has 0 atom stereocenters. The molecule has 0 saturated heterocycles. The lowest BCUT2D eigenvalue weighted by Gasteiger charge is -2.09. The molecular formula is C14H10BrClFNO2. The predicted octanol–water partition coefficient (Wildman–Crippen LogP) is 4.99. The van der Waals surface area contributed by atoms with E-state index in [0.717, 1.165) is 11.6 Å². The number of rotatable bonds is 3. The molecule has 0 aromatic heterocycles. The zero-order valence-corrected chi connectivity index (χ0v) is 12.5. The van der Waals surface area contributed by atoms with Gasteiger partial charge in [-0.3, -0.25) is 5.32 Å². The van der Waals surface area contributed by atoms with Gasteiger partial charge in [0, 0.05) is 6.07 Å². The van der Waals surface area contributed by atoms with Gasteiger partial charge < -0.3 is 4.74 Å². The van der Waals surface area contributed by atoms with E-state index in [1.54, 1.807) is 0 Å². The van der Waals surface area contributed by atoms with Crippen LogP contribution in [0.1, 0.15) is 5.56 Å². The second kappa shape index (κ2) is 6.72. The number of nitrogens with one attached hydrogen (secondary N) is 1. The molecule has 0 saturated carbocycles. The second-order valence-corrected chi connectivity index (χ2v) is 5.19. The molecule has 20 heavy (non-hydrogen) atoms. The zero-order chi connectivity index (χ0) is 14.5. The first-order chi connectivity index (χ1) is 9.56. The van der Waals surface area contributed by atoms with E-state index in [1.165, 1.54) is 6.07 Å². The van der Waals surface area contributed by atoms with Crippen molar-refractivity contribution in [1.29, 1.82) is 0 Å². The van der Waals surface area contributed by atoms with E-state index in [0.29, 0.717) is 0 Å². The third-order valence-electron chi connectivity index (χ3n) is 2.46. The Bertz CT molecular complexity index is 622. The number of halogens is 3. The Balaban J connectivity index is 1.97. The van der Waals surface area contributed by atoms with Crippen LogP contribution in [0.4, 0.5) is 14.9 Å². The van der Waals surface area contributed by atoms with Gasteiger partial charge in [0.15, 0.2) is 0 Å². The molecule has 6 heteroatoms. The van der Waals surface area contributed by atoms with E-state index < -0.39 is 11.9 Å². The van der Waals surface area contributed by atoms with Crippen molar-refractivity contribution in [3.63, 3.8) is 0 Å². The monoisotopic (exact) mass is 357 g/mol. The van der Waals surface area contributed by atoms with E-state index in [-0.39, 0.29) is 21.8 Å². The minimum Gasteiger partial charge on any atom is -0.444 e. The summed E-state index contributed by atoms with van der Waals surface area (Å²) in [5, 5.41) is 2.61. The maximum atomic E-state index is 13.4. The fourth-order valence-corrected chi connectivity index (χ4v) is 2.17. The van der Waals surface area contributed by atoms with Crippen LogP contribution in [0.15, 0.2) is 46.9 Å². The molecule has 3 nitrogen and oxygen atoms in total. The van der Waals surface area contributed by atoms with Crippen LogP contribution in [0.2, 0.25) is 5.02 Å². The summed E-state index contributed by atoms with van der Waals surface area (Å²) in [5.41, 5.74) is 1.01. The summed E-state index contributed by atoms with van der Waals surface area (Å²) < 4.78 is 18.6. The van der Waals surface area contributed by atoms with Crippen molar-refractivity contribution in [2.45, 2.75) is 6.61 Å². The normalized spacial score (nSPS) is 10.2. The van der Waals surface area contributed by atoms with Crippen LogP contribution in [0.25, 0.3) is 0 Å². The number of ether oxygens (including phenoxy) is 1. The third-order valence-corrected chi connectivity index (χ3v) is 3.38. The van der Waals surface area contributed by atoms with Gasteiger partial charge in [-0.05, 0) is 27.6 Å². The highest BCUT2D eigenvalue weighted by Gasteiger charge is 2.10. The first-order valence-electron chi connectivity index (χ1n) is 5.68. The van der Waals surface area contributed by atoms with Crippen molar-refractivity contribution in [2.75, 3.05) is 5.32 Å². The number of anilines is 1. The third kappa shape index (κ3) is 3.95. The Morgan fingerprint density at radius 2 is 2.00 bits per heavy atom. The number of hydrogen-bond acceptors (Lipinski definition) is 2. The average molecular weight is 359 g/mol. The summed E-state index contributed by atoms with van der Waals surface area (Å²) >= 11 is 8.90. The van der Waals surface area contributed by atoms with E-state index >= 15 is 0 Å². The van der Waals surface area contributed by atoms with Crippen molar-refractivity contribution < 1.29 is 13.9 Å². The second-order valence-electron chi connectivity index (χ2n) is 3.93. The van der Waals surface area contributed by atoms with Crippen molar-refractivity contribution in [2.24, 2.45) is 0 Å². The van der Waals surface area contributed by atoms with Gasteiger partial charge in [0.05, 0.1) is 15.2 Å². The molecule has 0 heterocycles. The summed E-state index contributed by atoms with van der Waals surface area (Å²) in [6.45, 7) is 0.128. The highest BCUT2D eigenvalue weighted by Crippen LogP contribution is 2.28. The first-order valence-corrected chi connectivity index (χ1v) is 6.85. The van der Waals surface area contributed by atoms with Gasteiger partial charge >= 0.3 is 6.09 Å². The SMILES string of the molecule is O=C(Nc1cc(F)c(Br)cc1Cl)OCc1ccccc1. The Morgan fingerprint density at radius 3 is 2.70 bits per heavy atom. The van der Waals surface area contributed by atoms with Crippen molar-refractivity contribution >= 4 is 39.3 Å². The Morgan fingerprint density at radius 1 is 1.30 bits per heavy atom. The molecule has 0 aliphatic heterocycles. The minimum absolute atomic E-state index is 0.128. The average Bonchev–Trinajstić information content (AvgIpc) is 2.44. The molecule has 0 aliphatic rings. The smallest absolute Gasteiger partial charge is 0.412 e. The molecule has 104 valence electrons. The zero-order valence-electron chi connectivity index (χ0n) is 10.2. The summed E-state index contributed by atoms with van der Waals surface area (Å²) in [4.78, 5) is 11.6. The largest absolute Gasteiger partial charge is 0.444 e. The van der Waals surface area contributed by atoms with E-state index in [9.17, 15) is 9.18 Å². The van der Waals surface area contributed by atoms with Gasteiger partial charge in [-0.2, -0.15) is 0 Å². The molecule has 2 aromatic rings. The molecule has 0 spiro atoms. The molecule has 0 aliphatic carbocycles. The maximum Gasteiger partial charge on any atom is 0.412 e. The lowest BCUT2D eigenvalue weighted by Crippen LogP contribution is -2.14. The minimum atomic E-state index is -0.697. The number of benzene rings is 2. The molecule has 0 radical (unpaired) electrons. The fourth-order valence-electron chi connectivity index (χ4n) is 1.49. The Kier molecular flexibility index (Phi) is 4.98. The highest BCUT2D eigenvalue weighted by molar-refractivity contribution is 9.10. The van der Waals surface area contributed by atoms with Crippen molar-refractivity contribution in [3.05, 3.63) is 63.3 Å². The van der Waals surface area contributed by atoms with E-state index in [1.807, 2.05) is 30.3 Å². The Hall–Kier alpha value is -1.59. The van der Waals surface area contributed by atoms with Gasteiger partial charge in [0.25, 0.3) is 0 Å². The van der Waals surface area contributed by atoms with Crippen LogP contribution in [-0.2, 0) is 11.3 Å². The van der Waals surface area contributed by atoms with Gasteiger partial charge in [-0.15, -0.1) is 0 Å². The van der Waals surface area contributed by atoms with Gasteiger partial charge in [-0.1, -0.05) is 41.9 Å². The number of carbonyl (C=O) groups is 1. The fraction of sp³-hybridized carbons (Fsp3) is 0.0714. The van der Waals surface area contributed by atoms with Gasteiger partial charge in [-0.25, -0.2) is 9.18 Å². The molecular weight excluding hydrogens is 349 g/mol. The molecule has 1 amide bonds. The highest BCUT2D eigenvalue weighted by atomic mass is 79.9. The van der Waals surface area contributed by atoms with Crippen molar-refractivity contribution in [3.8, 4) is 0 Å². The quantitative estimate of drug-likeness (QED) is 0.785. The maximum absolute atomic E-state index is 13.4. The van der Waals surface area contributed by atoms with Crippen LogP contribution in [-0.4, -0.2) is 6.09 Å². The molecule has 2 aromatic carbocycles. The lowest BCUT2D eigenvalue weighted by molar-refractivity contribution is 0.155. The molecule has 2 rings (SSSR count). The van der Waals surface area contributed by atoms with Crippen molar-refractivity contribution in [1.82, 2.24) is 0 Å². The van der Waals surface area contributed by atoms with Gasteiger partial charge in [0.2, 0.25) is 0 Å². The molecule has 0 unspecified atom stereocenters. The Labute approximate surface area is 128 Å². The first kappa shape index (κ1) is 14.8. The van der Waals surface area contributed by atoms with Crippen LogP contribution in [0.5, 0.6) is 0 Å². The molecule has 0 bridgehead atoms. The van der Waals surface area contributed by atoms with Crippen LogP contribution in [0.3, 0.4) is 0 Å². The summed E-state index contributed by atoms with van der Waals surface area (Å²) in [6.07, 6.45) is -0.697. The van der Waals surface area contributed by atoms with Crippen LogP contribution in [0, 0.1) is 5.82 Å². The summed E-state index contributed by atoms with van der Waals surface area (Å²) in [7, 11) is 0. The van der Waals surface area contributed by atoms with Crippen LogP contribution >= 0.6 is 27.5 Å². The number of hydrogen-bond donors (Lipinski definition) is 1. The molecule has 1 N–H and O–H groups in total. The predicted molar refractivity (Wildman–Crippen MR) is 79.4 cm³/mol. The lowest BCUT2D eigenvalue weighted by atomic mass is 10.2. The summed E-state index contributed by atoms with van der Waals surface area (Å²) in [6, 6.07) is 11.7. The molecule has 0 fully saturated rings. The number of carbonyl (C=O) groups excluding carboxylic acids is 1. The number of amides is 1. The summed E-state index contributed by atoms with van der Waals surface area (Å²) in [5.74, 6) is -0.521. The van der Waals surface area contributed by atoms with E-state index in [2.05, 4.69) is 21.2 Å².